The number of hydrogen-bond acceptors (Lipinski definition) is 8. The van der Waals surface area contributed by atoms with E-state index in [1.54, 1.807) is 24.3 Å². The van der Waals surface area contributed by atoms with Gasteiger partial charge in [-0.2, -0.15) is 0 Å². The van der Waals surface area contributed by atoms with Crippen LogP contribution in [0.1, 0.15) is 10.9 Å². The summed E-state index contributed by atoms with van der Waals surface area (Å²) in [5, 5.41) is 12.3. The molecular formula is C18H10Cl2N4O6S. The first-order chi connectivity index (χ1) is 14.6. The number of nitrogens with two attached hydrogens (primary N) is 1. The number of nitrogens with zero attached hydrogens (tertiary/aromatic N) is 2. The van der Waals surface area contributed by atoms with Crippen LogP contribution < -0.4 is 11.1 Å². The lowest BCUT2D eigenvalue weighted by atomic mass is 9.98. The molecule has 0 saturated carbocycles. The van der Waals surface area contributed by atoms with Crippen LogP contribution in [0.25, 0.3) is 10.2 Å². The summed E-state index contributed by atoms with van der Waals surface area (Å²) in [6.07, 6.45) is 0. The lowest BCUT2D eigenvalue weighted by Gasteiger charge is -2.12. The minimum Gasteiger partial charge on any atom is -0.363 e. The first-order valence-electron chi connectivity index (χ1n) is 8.28. The van der Waals surface area contributed by atoms with Crippen LogP contribution in [-0.4, -0.2) is 33.3 Å². The Bertz CT molecular complexity index is 1220. The van der Waals surface area contributed by atoms with Crippen molar-refractivity contribution < 1.29 is 24.1 Å². The first kappa shape index (κ1) is 22.3. The number of nitro benzene ring substituents is 1. The fourth-order valence-electron chi connectivity index (χ4n) is 2.59. The standard InChI is InChI=1S/C18H10Cl2N4O6S/c19-8-5-7(24(29)30)6-9(20)13(8)23-17(28)15(26)12(14(25)16(21)27)18-22-10-3-1-2-4-11(10)31-18/h1-6,12H,(H2,21,27)(H,23,28). The second-order valence-electron chi connectivity index (χ2n) is 6.04. The average molecular weight is 481 g/mol. The second-order valence-corrected chi connectivity index (χ2v) is 7.92. The van der Waals surface area contributed by atoms with Crippen LogP contribution in [0.4, 0.5) is 11.4 Å². The van der Waals surface area contributed by atoms with Gasteiger partial charge in [0.25, 0.3) is 17.5 Å². The van der Waals surface area contributed by atoms with Gasteiger partial charge < -0.3 is 11.1 Å². The van der Waals surface area contributed by atoms with Gasteiger partial charge in [0.15, 0.2) is 0 Å². The minimum absolute atomic E-state index is 0.0916. The SMILES string of the molecule is NC(=O)C(=O)C(C(=O)C(=O)Nc1c(Cl)cc([N+](=O)[O-])cc1Cl)c1nc2ccccc2s1. The smallest absolute Gasteiger partial charge is 0.293 e. The van der Waals surface area contributed by atoms with Gasteiger partial charge in [0.1, 0.15) is 10.9 Å². The fourth-order valence-corrected chi connectivity index (χ4v) is 4.23. The van der Waals surface area contributed by atoms with Gasteiger partial charge in [0.2, 0.25) is 11.6 Å². The van der Waals surface area contributed by atoms with Crippen molar-refractivity contribution in [2.24, 2.45) is 5.73 Å². The molecule has 1 unspecified atom stereocenters. The first-order valence-corrected chi connectivity index (χ1v) is 9.85. The van der Waals surface area contributed by atoms with Crippen LogP contribution in [0.3, 0.4) is 0 Å². The fraction of sp³-hybridized carbons (Fsp3) is 0.0556. The number of halogens is 2. The van der Waals surface area contributed by atoms with E-state index in [9.17, 15) is 29.3 Å². The number of amides is 2. The van der Waals surface area contributed by atoms with E-state index < -0.39 is 39.9 Å². The molecule has 0 aliphatic carbocycles. The van der Waals surface area contributed by atoms with Gasteiger partial charge in [-0.1, -0.05) is 35.3 Å². The van der Waals surface area contributed by atoms with E-state index >= 15 is 0 Å². The van der Waals surface area contributed by atoms with Crippen molar-refractivity contribution >= 4 is 79.5 Å². The van der Waals surface area contributed by atoms with E-state index in [2.05, 4.69) is 10.3 Å². The Balaban J connectivity index is 1.96. The number of aromatic nitrogens is 1. The highest BCUT2D eigenvalue weighted by atomic mass is 35.5. The summed E-state index contributed by atoms with van der Waals surface area (Å²) in [6, 6.07) is 8.55. The van der Waals surface area contributed by atoms with Crippen LogP contribution >= 0.6 is 34.5 Å². The number of carbonyl (C=O) groups excluding carboxylic acids is 4. The van der Waals surface area contributed by atoms with Gasteiger partial charge in [-0.3, -0.25) is 29.3 Å². The maximum atomic E-state index is 12.8. The summed E-state index contributed by atoms with van der Waals surface area (Å²) in [5.74, 6) is -7.27. The highest BCUT2D eigenvalue weighted by molar-refractivity contribution is 7.19. The number of fused-ring (bicyclic) bond motifs is 1. The maximum Gasteiger partial charge on any atom is 0.293 e. The molecule has 10 nitrogen and oxygen atoms in total. The number of carbonyl (C=O) groups is 4. The third-order valence-electron chi connectivity index (χ3n) is 4.02. The summed E-state index contributed by atoms with van der Waals surface area (Å²) in [4.78, 5) is 63.4. The third-order valence-corrected chi connectivity index (χ3v) is 5.72. The van der Waals surface area contributed by atoms with Crippen molar-refractivity contribution in [3.8, 4) is 0 Å². The Hall–Kier alpha value is -3.41. The van der Waals surface area contributed by atoms with E-state index in [1.807, 2.05) is 0 Å². The van der Waals surface area contributed by atoms with Gasteiger partial charge in [0.05, 0.1) is 30.9 Å². The quantitative estimate of drug-likeness (QED) is 0.227. The van der Waals surface area contributed by atoms with E-state index in [1.165, 1.54) is 0 Å². The number of thiazole rings is 1. The van der Waals surface area contributed by atoms with Gasteiger partial charge in [-0.05, 0) is 12.1 Å². The number of rotatable bonds is 7. The van der Waals surface area contributed by atoms with Crippen LogP contribution in [0.2, 0.25) is 10.0 Å². The molecule has 2 aromatic carbocycles. The molecule has 0 bridgehead atoms. The molecule has 31 heavy (non-hydrogen) atoms. The molecule has 3 aromatic rings. The number of non-ortho nitro benzene ring substituents is 1. The lowest BCUT2D eigenvalue weighted by molar-refractivity contribution is -0.384. The predicted octanol–water partition coefficient (Wildman–Crippen LogP) is 2.86. The van der Waals surface area contributed by atoms with Crippen molar-refractivity contribution in [1.29, 1.82) is 0 Å². The zero-order chi connectivity index (χ0) is 22.9. The topological polar surface area (TPSA) is 162 Å². The highest BCUT2D eigenvalue weighted by Gasteiger charge is 2.38. The van der Waals surface area contributed by atoms with Crippen molar-refractivity contribution in [2.45, 2.75) is 5.92 Å². The number of nitrogens with one attached hydrogen (secondary N) is 1. The Labute approximate surface area is 187 Å². The highest BCUT2D eigenvalue weighted by Crippen LogP contribution is 2.35. The number of ketones is 2. The number of benzene rings is 2. The van der Waals surface area contributed by atoms with Crippen LogP contribution in [0, 0.1) is 10.1 Å². The molecule has 3 rings (SSSR count). The number of nitro groups is 1. The summed E-state index contributed by atoms with van der Waals surface area (Å²) in [6.45, 7) is 0. The molecule has 1 aromatic heterocycles. The molecular weight excluding hydrogens is 471 g/mol. The predicted molar refractivity (Wildman–Crippen MR) is 113 cm³/mol. The molecule has 0 radical (unpaired) electrons. The van der Waals surface area contributed by atoms with E-state index in [0.29, 0.717) is 10.2 Å². The normalized spacial score (nSPS) is 11.7. The molecule has 0 aliphatic rings. The van der Waals surface area contributed by atoms with Crippen LogP contribution in [0.15, 0.2) is 36.4 Å². The van der Waals surface area contributed by atoms with Gasteiger partial charge in [-0.25, -0.2) is 4.98 Å². The van der Waals surface area contributed by atoms with Gasteiger partial charge >= 0.3 is 0 Å². The molecule has 0 aliphatic heterocycles. The molecule has 0 saturated heterocycles. The largest absolute Gasteiger partial charge is 0.363 e. The van der Waals surface area contributed by atoms with Crippen LogP contribution in [-0.2, 0) is 19.2 Å². The zero-order valence-electron chi connectivity index (χ0n) is 15.1. The lowest BCUT2D eigenvalue weighted by Crippen LogP contribution is -2.38. The number of hydrogen-bond donors (Lipinski definition) is 2. The zero-order valence-corrected chi connectivity index (χ0v) is 17.5. The van der Waals surface area contributed by atoms with Gasteiger partial charge in [-0.15, -0.1) is 11.3 Å². The Morgan fingerprint density at radius 2 is 1.71 bits per heavy atom. The maximum absolute atomic E-state index is 12.8. The second kappa shape index (κ2) is 8.76. The van der Waals surface area contributed by atoms with Crippen molar-refractivity contribution in [1.82, 2.24) is 4.98 Å². The summed E-state index contributed by atoms with van der Waals surface area (Å²) >= 11 is 12.8. The van der Waals surface area contributed by atoms with Crippen molar-refractivity contribution in [2.75, 3.05) is 5.32 Å². The molecule has 0 fully saturated rings. The minimum atomic E-state index is -1.87. The number of Topliss-reactive ketones (excluding diaryl/α,β-unsaturated/α-hetero) is 2. The van der Waals surface area contributed by atoms with E-state index in [4.69, 9.17) is 28.9 Å². The average Bonchev–Trinajstić information content (AvgIpc) is 3.13. The van der Waals surface area contributed by atoms with E-state index in [0.717, 1.165) is 23.5 Å². The van der Waals surface area contributed by atoms with E-state index in [-0.39, 0.29) is 20.7 Å². The Morgan fingerprint density at radius 1 is 1.10 bits per heavy atom. The third kappa shape index (κ3) is 4.53. The molecule has 0 spiro atoms. The summed E-state index contributed by atoms with van der Waals surface area (Å²) < 4.78 is 0.620. The number of para-hydroxylation sites is 1. The Morgan fingerprint density at radius 3 is 2.26 bits per heavy atom. The number of anilines is 1. The molecule has 2 amide bonds. The molecule has 1 heterocycles. The monoisotopic (exact) mass is 480 g/mol. The summed E-state index contributed by atoms with van der Waals surface area (Å²) in [7, 11) is 0. The number of primary amides is 1. The van der Waals surface area contributed by atoms with Gasteiger partial charge in [0, 0.05) is 12.1 Å². The van der Waals surface area contributed by atoms with Crippen LogP contribution in [0.5, 0.6) is 0 Å². The molecule has 1 atom stereocenters. The van der Waals surface area contributed by atoms with Crippen molar-refractivity contribution in [3.05, 3.63) is 61.6 Å². The Kier molecular flexibility index (Phi) is 6.29. The molecule has 13 heteroatoms. The molecule has 3 N–H and O–H groups in total. The molecule has 158 valence electrons. The van der Waals surface area contributed by atoms with Crippen molar-refractivity contribution in [3.63, 3.8) is 0 Å². The summed E-state index contributed by atoms with van der Waals surface area (Å²) in [5.41, 5.74) is 4.80.